The van der Waals surface area contributed by atoms with Crippen LogP contribution in [0.4, 0.5) is 0 Å². The lowest BCUT2D eigenvalue weighted by Gasteiger charge is -2.19. The van der Waals surface area contributed by atoms with Gasteiger partial charge in [-0.2, -0.15) is 25.3 Å². The number of aliphatic hydroxyl groups is 1. The van der Waals surface area contributed by atoms with Gasteiger partial charge in [0.15, 0.2) is 0 Å². The highest BCUT2D eigenvalue weighted by Crippen LogP contribution is 2.27. The van der Waals surface area contributed by atoms with E-state index in [-0.39, 0.29) is 10.5 Å². The van der Waals surface area contributed by atoms with Gasteiger partial charge in [0.25, 0.3) is 0 Å². The highest BCUT2D eigenvalue weighted by atomic mass is 32.1. The summed E-state index contributed by atoms with van der Waals surface area (Å²) in [6.07, 6.45) is 5.33. The first-order valence-electron chi connectivity index (χ1n) is 8.49. The Balaban J connectivity index is 1.83. The first-order valence-corrected chi connectivity index (χ1v) is 9.53. The van der Waals surface area contributed by atoms with Gasteiger partial charge in [-0.1, -0.05) is 73.8 Å². The number of benzene rings is 2. The normalized spacial score (nSPS) is 14.5. The lowest BCUT2D eigenvalue weighted by atomic mass is 9.99. The minimum Gasteiger partial charge on any atom is -0.393 e. The van der Waals surface area contributed by atoms with Gasteiger partial charge in [0.2, 0.25) is 0 Å². The van der Waals surface area contributed by atoms with Crippen LogP contribution in [0.5, 0.6) is 0 Å². The zero-order valence-corrected chi connectivity index (χ0v) is 16.2. The molecule has 0 aromatic heterocycles. The van der Waals surface area contributed by atoms with Gasteiger partial charge in [-0.25, -0.2) is 0 Å². The molecule has 3 atom stereocenters. The van der Waals surface area contributed by atoms with Crippen LogP contribution in [0.3, 0.4) is 0 Å². The topological polar surface area (TPSA) is 20.2 Å². The van der Waals surface area contributed by atoms with Crippen LogP contribution in [0.15, 0.2) is 61.7 Å². The lowest BCUT2D eigenvalue weighted by Crippen LogP contribution is -2.17. The van der Waals surface area contributed by atoms with Crippen molar-refractivity contribution in [1.82, 2.24) is 0 Å². The van der Waals surface area contributed by atoms with Gasteiger partial charge < -0.3 is 5.11 Å². The Morgan fingerprint density at radius 1 is 0.840 bits per heavy atom. The Morgan fingerprint density at radius 2 is 1.36 bits per heavy atom. The van der Waals surface area contributed by atoms with E-state index in [4.69, 9.17) is 0 Å². The molecule has 3 heteroatoms. The quantitative estimate of drug-likeness (QED) is 0.489. The van der Waals surface area contributed by atoms with Gasteiger partial charge in [-0.3, -0.25) is 0 Å². The standard InChI is InChI=1S/C22H26OS2/c1-3-16-5-7-18(8-6-16)13-21(24)14-20(23)15-22(25)19-11-9-17(4-2)10-12-19/h3-12,20-25H,1-2,13-15H2. The molecule has 2 aromatic rings. The second kappa shape index (κ2) is 9.91. The third kappa shape index (κ3) is 6.43. The predicted octanol–water partition coefficient (Wildman–Crippen LogP) is 5.63. The van der Waals surface area contributed by atoms with Crippen LogP contribution in [0, 0.1) is 0 Å². The first-order chi connectivity index (χ1) is 12.0. The Hall–Kier alpha value is -1.42. The number of hydrogen-bond acceptors (Lipinski definition) is 3. The number of aliphatic hydroxyl groups excluding tert-OH is 1. The van der Waals surface area contributed by atoms with E-state index < -0.39 is 6.10 Å². The molecule has 0 aliphatic heterocycles. The summed E-state index contributed by atoms with van der Waals surface area (Å²) in [5.41, 5.74) is 4.53. The molecular weight excluding hydrogens is 344 g/mol. The molecule has 1 nitrogen and oxygen atoms in total. The van der Waals surface area contributed by atoms with Crippen LogP contribution in [0.1, 0.15) is 40.3 Å². The summed E-state index contributed by atoms with van der Waals surface area (Å²) >= 11 is 9.30. The van der Waals surface area contributed by atoms with Crippen molar-refractivity contribution in [3.8, 4) is 0 Å². The Labute approximate surface area is 162 Å². The van der Waals surface area contributed by atoms with Crippen LogP contribution >= 0.6 is 25.3 Å². The van der Waals surface area contributed by atoms with Gasteiger partial charge in [0.1, 0.15) is 0 Å². The minimum absolute atomic E-state index is 0.0151. The molecule has 0 aliphatic rings. The van der Waals surface area contributed by atoms with Crippen molar-refractivity contribution in [3.05, 3.63) is 83.9 Å². The maximum absolute atomic E-state index is 10.4. The molecule has 0 saturated carbocycles. The van der Waals surface area contributed by atoms with Crippen molar-refractivity contribution in [3.63, 3.8) is 0 Å². The number of rotatable bonds is 9. The first kappa shape index (κ1) is 19.9. The Bertz CT molecular complexity index is 676. The molecule has 0 heterocycles. The van der Waals surface area contributed by atoms with Crippen LogP contribution in [0.25, 0.3) is 12.2 Å². The summed E-state index contributed by atoms with van der Waals surface area (Å²) in [5.74, 6) is 0. The molecule has 2 aromatic carbocycles. The van der Waals surface area contributed by atoms with Crippen molar-refractivity contribution in [2.75, 3.05) is 0 Å². The van der Waals surface area contributed by atoms with E-state index in [9.17, 15) is 5.11 Å². The van der Waals surface area contributed by atoms with Crippen LogP contribution in [-0.4, -0.2) is 16.5 Å². The molecule has 25 heavy (non-hydrogen) atoms. The van der Waals surface area contributed by atoms with Gasteiger partial charge in [-0.15, -0.1) is 0 Å². The summed E-state index contributed by atoms with van der Waals surface area (Å²) in [4.78, 5) is 0. The Kier molecular flexibility index (Phi) is 7.89. The van der Waals surface area contributed by atoms with Gasteiger partial charge in [0.05, 0.1) is 6.10 Å². The van der Waals surface area contributed by atoms with E-state index in [2.05, 4.69) is 62.7 Å². The highest BCUT2D eigenvalue weighted by molar-refractivity contribution is 7.81. The second-order valence-corrected chi connectivity index (χ2v) is 7.67. The summed E-state index contributed by atoms with van der Waals surface area (Å²) in [5, 5.41) is 10.5. The molecule has 0 amide bonds. The van der Waals surface area contributed by atoms with Crippen LogP contribution in [-0.2, 0) is 6.42 Å². The zero-order valence-electron chi connectivity index (χ0n) is 14.4. The third-order valence-corrected chi connectivity index (χ3v) is 5.19. The van der Waals surface area contributed by atoms with E-state index in [1.165, 1.54) is 5.56 Å². The van der Waals surface area contributed by atoms with Gasteiger partial charge in [0, 0.05) is 10.5 Å². The molecule has 0 spiro atoms. The molecule has 3 unspecified atom stereocenters. The van der Waals surface area contributed by atoms with Crippen molar-refractivity contribution >= 4 is 37.4 Å². The summed E-state index contributed by atoms with van der Waals surface area (Å²) in [6.45, 7) is 7.52. The third-order valence-electron chi connectivity index (χ3n) is 4.28. The molecule has 132 valence electrons. The highest BCUT2D eigenvalue weighted by Gasteiger charge is 2.16. The molecule has 0 fully saturated rings. The maximum Gasteiger partial charge on any atom is 0.0564 e. The average molecular weight is 371 g/mol. The van der Waals surface area contributed by atoms with Crippen molar-refractivity contribution in [2.45, 2.75) is 35.9 Å². The smallest absolute Gasteiger partial charge is 0.0564 e. The number of hydrogen-bond donors (Lipinski definition) is 3. The molecule has 0 bridgehead atoms. The molecule has 0 radical (unpaired) electrons. The fourth-order valence-corrected chi connectivity index (χ4v) is 3.67. The molecular formula is C22H26OS2. The zero-order chi connectivity index (χ0) is 18.2. The second-order valence-electron chi connectivity index (χ2n) is 6.32. The molecule has 1 N–H and O–H groups in total. The van der Waals surface area contributed by atoms with E-state index in [0.717, 1.165) is 23.1 Å². The van der Waals surface area contributed by atoms with E-state index in [1.807, 2.05) is 36.4 Å². The van der Waals surface area contributed by atoms with Crippen molar-refractivity contribution < 1.29 is 5.11 Å². The van der Waals surface area contributed by atoms with E-state index >= 15 is 0 Å². The van der Waals surface area contributed by atoms with E-state index in [0.29, 0.717) is 12.8 Å². The monoisotopic (exact) mass is 370 g/mol. The van der Waals surface area contributed by atoms with Crippen molar-refractivity contribution in [2.24, 2.45) is 0 Å². The molecule has 0 aliphatic carbocycles. The van der Waals surface area contributed by atoms with Gasteiger partial charge >= 0.3 is 0 Å². The predicted molar refractivity (Wildman–Crippen MR) is 117 cm³/mol. The lowest BCUT2D eigenvalue weighted by molar-refractivity contribution is 0.153. The van der Waals surface area contributed by atoms with Crippen molar-refractivity contribution in [1.29, 1.82) is 0 Å². The van der Waals surface area contributed by atoms with E-state index in [1.54, 1.807) is 0 Å². The number of thiol groups is 2. The fourth-order valence-electron chi connectivity index (χ4n) is 2.80. The fraction of sp³-hybridized carbons (Fsp3) is 0.273. The molecule has 2 rings (SSSR count). The van der Waals surface area contributed by atoms with Crippen LogP contribution < -0.4 is 0 Å². The Morgan fingerprint density at radius 3 is 1.88 bits per heavy atom. The summed E-state index contributed by atoms with van der Waals surface area (Å²) in [7, 11) is 0. The average Bonchev–Trinajstić information content (AvgIpc) is 2.62. The molecule has 0 saturated heterocycles. The largest absolute Gasteiger partial charge is 0.393 e. The van der Waals surface area contributed by atoms with Crippen LogP contribution in [0.2, 0.25) is 0 Å². The SMILES string of the molecule is C=Cc1ccc(CC(S)CC(O)CC(S)c2ccc(C=C)cc2)cc1. The minimum atomic E-state index is -0.420. The summed E-state index contributed by atoms with van der Waals surface area (Å²) < 4.78 is 0. The summed E-state index contributed by atoms with van der Waals surface area (Å²) in [6, 6.07) is 16.4. The van der Waals surface area contributed by atoms with Gasteiger partial charge in [-0.05, 0) is 41.5 Å². The maximum atomic E-state index is 10.4.